The van der Waals surface area contributed by atoms with Crippen LogP contribution in [0.15, 0.2) is 48.5 Å². The van der Waals surface area contributed by atoms with Gasteiger partial charge in [-0.15, -0.1) is 0 Å². The average Bonchev–Trinajstić information content (AvgIpc) is 3.13. The summed E-state index contributed by atoms with van der Waals surface area (Å²) in [6.45, 7) is 2.74. The van der Waals surface area contributed by atoms with E-state index in [2.05, 4.69) is 5.32 Å². The second-order valence-electron chi connectivity index (χ2n) is 7.09. The molecule has 0 saturated carbocycles. The van der Waals surface area contributed by atoms with Crippen molar-refractivity contribution in [1.29, 1.82) is 0 Å². The van der Waals surface area contributed by atoms with Crippen LogP contribution in [0.25, 0.3) is 0 Å². The van der Waals surface area contributed by atoms with Crippen LogP contribution in [-0.4, -0.2) is 41.2 Å². The van der Waals surface area contributed by atoms with Gasteiger partial charge in [0.15, 0.2) is 6.10 Å². The molecule has 1 aliphatic heterocycles. The molecule has 0 radical (unpaired) electrons. The number of nitrogens with one attached hydrogen (secondary N) is 1. The van der Waals surface area contributed by atoms with Crippen molar-refractivity contribution in [2.75, 3.05) is 11.9 Å². The SMILES string of the molecule is C[C@H](OC(=O)c1ccc(CN2CCCC2=O)cc1)C(=O)Nc1ccc(C(N)=O)cc1. The van der Waals surface area contributed by atoms with Gasteiger partial charge in [0, 0.05) is 30.8 Å². The molecule has 0 aromatic heterocycles. The number of hydrogen-bond acceptors (Lipinski definition) is 5. The molecule has 156 valence electrons. The molecular formula is C22H23N3O5. The average molecular weight is 409 g/mol. The number of likely N-dealkylation sites (tertiary alicyclic amines) is 1. The molecule has 2 aromatic carbocycles. The molecule has 0 spiro atoms. The first kappa shape index (κ1) is 21.0. The normalized spacial score (nSPS) is 14.3. The summed E-state index contributed by atoms with van der Waals surface area (Å²) in [5.74, 6) is -1.54. The van der Waals surface area contributed by atoms with Crippen molar-refractivity contribution in [3.63, 3.8) is 0 Å². The number of amides is 3. The van der Waals surface area contributed by atoms with Crippen molar-refractivity contribution >= 4 is 29.4 Å². The van der Waals surface area contributed by atoms with Crippen LogP contribution in [0.2, 0.25) is 0 Å². The summed E-state index contributed by atoms with van der Waals surface area (Å²) in [6, 6.07) is 12.8. The summed E-state index contributed by atoms with van der Waals surface area (Å²) in [7, 11) is 0. The molecule has 1 saturated heterocycles. The van der Waals surface area contributed by atoms with Crippen molar-refractivity contribution < 1.29 is 23.9 Å². The van der Waals surface area contributed by atoms with Gasteiger partial charge in [-0.3, -0.25) is 14.4 Å². The zero-order valence-corrected chi connectivity index (χ0v) is 16.6. The van der Waals surface area contributed by atoms with Crippen molar-refractivity contribution in [3.8, 4) is 0 Å². The molecule has 8 nitrogen and oxygen atoms in total. The smallest absolute Gasteiger partial charge is 0.338 e. The fourth-order valence-electron chi connectivity index (χ4n) is 3.08. The Hall–Kier alpha value is -3.68. The van der Waals surface area contributed by atoms with Crippen LogP contribution in [0.3, 0.4) is 0 Å². The number of anilines is 1. The maximum absolute atomic E-state index is 12.3. The molecule has 1 aliphatic rings. The van der Waals surface area contributed by atoms with Crippen LogP contribution in [0.5, 0.6) is 0 Å². The highest BCUT2D eigenvalue weighted by Crippen LogP contribution is 2.16. The summed E-state index contributed by atoms with van der Waals surface area (Å²) in [5.41, 5.74) is 7.19. The third-order valence-corrected chi connectivity index (χ3v) is 4.82. The van der Waals surface area contributed by atoms with E-state index in [-0.39, 0.29) is 5.91 Å². The number of benzene rings is 2. The minimum atomic E-state index is -1.02. The van der Waals surface area contributed by atoms with Gasteiger partial charge in [-0.1, -0.05) is 12.1 Å². The molecule has 0 bridgehead atoms. The monoisotopic (exact) mass is 409 g/mol. The van der Waals surface area contributed by atoms with Gasteiger partial charge in [0.05, 0.1) is 5.56 Å². The Kier molecular flexibility index (Phi) is 6.46. The van der Waals surface area contributed by atoms with Gasteiger partial charge >= 0.3 is 5.97 Å². The van der Waals surface area contributed by atoms with E-state index in [1.807, 2.05) is 0 Å². The van der Waals surface area contributed by atoms with Crippen molar-refractivity contribution in [3.05, 3.63) is 65.2 Å². The molecule has 30 heavy (non-hydrogen) atoms. The molecule has 1 atom stereocenters. The van der Waals surface area contributed by atoms with Crippen LogP contribution in [0.1, 0.15) is 46.0 Å². The van der Waals surface area contributed by atoms with E-state index >= 15 is 0 Å². The van der Waals surface area contributed by atoms with E-state index in [0.717, 1.165) is 18.5 Å². The maximum atomic E-state index is 12.3. The van der Waals surface area contributed by atoms with Crippen LogP contribution < -0.4 is 11.1 Å². The molecule has 8 heteroatoms. The van der Waals surface area contributed by atoms with Crippen LogP contribution in [0.4, 0.5) is 5.69 Å². The standard InChI is InChI=1S/C22H23N3O5/c1-14(21(28)24-18-10-8-16(9-11-18)20(23)27)30-22(29)17-6-4-15(5-7-17)13-25-12-2-3-19(25)26/h4-11,14H,2-3,12-13H2,1H3,(H2,23,27)(H,24,28)/t14-/m0/s1. The topological polar surface area (TPSA) is 119 Å². The Morgan fingerprint density at radius 2 is 1.70 bits per heavy atom. The maximum Gasteiger partial charge on any atom is 0.338 e. The van der Waals surface area contributed by atoms with E-state index in [1.54, 1.807) is 29.2 Å². The second-order valence-corrected chi connectivity index (χ2v) is 7.09. The first-order valence-corrected chi connectivity index (χ1v) is 9.62. The van der Waals surface area contributed by atoms with Gasteiger partial charge < -0.3 is 20.7 Å². The molecule has 3 rings (SSSR count). The number of nitrogens with two attached hydrogens (primary N) is 1. The lowest BCUT2D eigenvalue weighted by atomic mass is 10.1. The summed E-state index contributed by atoms with van der Waals surface area (Å²) in [4.78, 5) is 49.2. The zero-order valence-electron chi connectivity index (χ0n) is 16.6. The number of esters is 1. The number of primary amides is 1. The molecule has 0 aliphatic carbocycles. The number of rotatable bonds is 7. The highest BCUT2D eigenvalue weighted by atomic mass is 16.5. The lowest BCUT2D eigenvalue weighted by Gasteiger charge is -2.16. The summed E-state index contributed by atoms with van der Waals surface area (Å²) in [6.07, 6.45) is 0.438. The predicted octanol–water partition coefficient (Wildman–Crippen LogP) is 2.09. The molecule has 0 unspecified atom stereocenters. The Bertz CT molecular complexity index is 954. The number of nitrogens with zero attached hydrogens (tertiary/aromatic N) is 1. The third-order valence-electron chi connectivity index (χ3n) is 4.82. The fourth-order valence-corrected chi connectivity index (χ4v) is 3.08. The first-order valence-electron chi connectivity index (χ1n) is 9.62. The zero-order chi connectivity index (χ0) is 21.7. The number of ether oxygens (including phenoxy) is 1. The van der Waals surface area contributed by atoms with Crippen molar-refractivity contribution in [2.24, 2.45) is 5.73 Å². The molecular weight excluding hydrogens is 386 g/mol. The highest BCUT2D eigenvalue weighted by molar-refractivity contribution is 5.98. The third kappa shape index (κ3) is 5.22. The quantitative estimate of drug-likeness (QED) is 0.679. The van der Waals surface area contributed by atoms with Crippen LogP contribution in [-0.2, 0) is 20.9 Å². The lowest BCUT2D eigenvalue weighted by molar-refractivity contribution is -0.128. The largest absolute Gasteiger partial charge is 0.449 e. The Balaban J connectivity index is 1.53. The molecule has 3 N–H and O–H groups in total. The van der Waals surface area contributed by atoms with E-state index in [0.29, 0.717) is 29.8 Å². The first-order chi connectivity index (χ1) is 14.3. The predicted molar refractivity (Wildman–Crippen MR) is 110 cm³/mol. The Morgan fingerprint density at radius 3 is 2.27 bits per heavy atom. The number of hydrogen-bond donors (Lipinski definition) is 2. The highest BCUT2D eigenvalue weighted by Gasteiger charge is 2.21. The minimum absolute atomic E-state index is 0.141. The van der Waals surface area contributed by atoms with Gasteiger partial charge in [-0.05, 0) is 55.3 Å². The van der Waals surface area contributed by atoms with Gasteiger partial charge in [-0.25, -0.2) is 4.79 Å². The van der Waals surface area contributed by atoms with Crippen LogP contribution >= 0.6 is 0 Å². The van der Waals surface area contributed by atoms with E-state index in [9.17, 15) is 19.2 Å². The van der Waals surface area contributed by atoms with Crippen molar-refractivity contribution in [1.82, 2.24) is 4.90 Å². The lowest BCUT2D eigenvalue weighted by Crippen LogP contribution is -2.30. The summed E-state index contributed by atoms with van der Waals surface area (Å²) in [5, 5.41) is 2.61. The van der Waals surface area contributed by atoms with E-state index in [1.165, 1.54) is 31.2 Å². The van der Waals surface area contributed by atoms with E-state index in [4.69, 9.17) is 10.5 Å². The number of carbonyl (C=O) groups excluding carboxylic acids is 4. The van der Waals surface area contributed by atoms with Crippen LogP contribution in [0, 0.1) is 0 Å². The van der Waals surface area contributed by atoms with Gasteiger partial charge in [0.2, 0.25) is 11.8 Å². The molecule has 1 heterocycles. The van der Waals surface area contributed by atoms with E-state index < -0.39 is 23.9 Å². The molecule has 2 aromatic rings. The van der Waals surface area contributed by atoms with Gasteiger partial charge in [0.1, 0.15) is 0 Å². The fraction of sp³-hybridized carbons (Fsp3) is 0.273. The van der Waals surface area contributed by atoms with Crippen molar-refractivity contribution in [2.45, 2.75) is 32.4 Å². The second kappa shape index (κ2) is 9.21. The molecule has 1 fully saturated rings. The van der Waals surface area contributed by atoms with Gasteiger partial charge in [0.25, 0.3) is 5.91 Å². The summed E-state index contributed by atoms with van der Waals surface area (Å²) < 4.78 is 5.23. The Labute approximate surface area is 174 Å². The number of carbonyl (C=O) groups is 4. The van der Waals surface area contributed by atoms with Gasteiger partial charge in [-0.2, -0.15) is 0 Å². The minimum Gasteiger partial charge on any atom is -0.449 e. The summed E-state index contributed by atoms with van der Waals surface area (Å²) >= 11 is 0. The Morgan fingerprint density at radius 1 is 1.07 bits per heavy atom. The molecule has 3 amide bonds.